The summed E-state index contributed by atoms with van der Waals surface area (Å²) in [7, 11) is 0. The molecule has 31 heavy (non-hydrogen) atoms. The van der Waals surface area contributed by atoms with E-state index in [1.165, 1.54) is 5.52 Å². The van der Waals surface area contributed by atoms with E-state index in [-0.39, 0.29) is 11.8 Å². The van der Waals surface area contributed by atoms with E-state index in [1.807, 2.05) is 24.3 Å². The molecule has 1 aliphatic heterocycles. The number of para-hydroxylation sites is 2. The molecular formula is C25H33N5O. The van der Waals surface area contributed by atoms with Crippen molar-refractivity contribution in [2.75, 3.05) is 24.5 Å². The van der Waals surface area contributed by atoms with Crippen molar-refractivity contribution in [3.8, 4) is 0 Å². The molecule has 1 aliphatic rings. The fourth-order valence-electron chi connectivity index (χ4n) is 4.26. The maximum absolute atomic E-state index is 12.6. The molecule has 4 rings (SSSR count). The Bertz CT molecular complexity index is 990. The molecule has 1 fully saturated rings. The third-order valence-corrected chi connectivity index (χ3v) is 6.12. The van der Waals surface area contributed by atoms with Crippen LogP contribution in [0.1, 0.15) is 38.8 Å². The fraction of sp³-hybridized carbons (Fsp3) is 0.480. The Morgan fingerprint density at radius 1 is 1.13 bits per heavy atom. The Morgan fingerprint density at radius 3 is 2.65 bits per heavy atom. The molecule has 6 nitrogen and oxygen atoms in total. The van der Waals surface area contributed by atoms with Gasteiger partial charge in [0.2, 0.25) is 11.9 Å². The van der Waals surface area contributed by atoms with Crippen molar-refractivity contribution in [1.29, 1.82) is 0 Å². The molecule has 1 saturated heterocycles. The zero-order valence-electron chi connectivity index (χ0n) is 18.6. The number of fused-ring (bicyclic) bond motifs is 1. The van der Waals surface area contributed by atoms with Crippen LogP contribution in [0.5, 0.6) is 0 Å². The number of imidazole rings is 1. The minimum absolute atomic E-state index is 0.0773. The maximum atomic E-state index is 12.6. The number of hydrogen-bond acceptors (Lipinski definition) is 4. The predicted molar refractivity (Wildman–Crippen MR) is 125 cm³/mol. The van der Waals surface area contributed by atoms with Crippen LogP contribution in [0.4, 0.5) is 5.95 Å². The number of aromatic nitrogens is 3. The SMILES string of the molecule is CC(C)CCn1c(N2CCC(C(=O)NCCc3ccccn3)CC2)nc2ccccc21. The summed E-state index contributed by atoms with van der Waals surface area (Å²) >= 11 is 0. The van der Waals surface area contributed by atoms with Gasteiger partial charge in [-0.05, 0) is 49.4 Å². The number of aryl methyl sites for hydroxylation is 1. The van der Waals surface area contributed by atoms with Crippen molar-refractivity contribution >= 4 is 22.9 Å². The van der Waals surface area contributed by atoms with Gasteiger partial charge in [0.15, 0.2) is 0 Å². The molecule has 1 amide bonds. The largest absolute Gasteiger partial charge is 0.355 e. The van der Waals surface area contributed by atoms with Crippen molar-refractivity contribution in [3.63, 3.8) is 0 Å². The number of amides is 1. The minimum Gasteiger partial charge on any atom is -0.355 e. The smallest absolute Gasteiger partial charge is 0.223 e. The van der Waals surface area contributed by atoms with Crippen LogP contribution in [0.25, 0.3) is 11.0 Å². The van der Waals surface area contributed by atoms with E-state index >= 15 is 0 Å². The lowest BCUT2D eigenvalue weighted by Crippen LogP contribution is -2.42. The Labute approximate surface area is 184 Å². The normalized spacial score (nSPS) is 15.0. The van der Waals surface area contributed by atoms with E-state index in [2.05, 4.69) is 51.8 Å². The van der Waals surface area contributed by atoms with Crippen molar-refractivity contribution in [2.45, 2.75) is 46.1 Å². The molecule has 0 aliphatic carbocycles. The lowest BCUT2D eigenvalue weighted by Gasteiger charge is -2.32. The molecule has 0 spiro atoms. The highest BCUT2D eigenvalue weighted by Gasteiger charge is 2.27. The highest BCUT2D eigenvalue weighted by atomic mass is 16.1. The van der Waals surface area contributed by atoms with E-state index < -0.39 is 0 Å². The molecule has 0 bridgehead atoms. The van der Waals surface area contributed by atoms with Gasteiger partial charge in [-0.15, -0.1) is 0 Å². The van der Waals surface area contributed by atoms with E-state index in [0.717, 1.165) is 62.5 Å². The first-order chi connectivity index (χ1) is 15.1. The van der Waals surface area contributed by atoms with Gasteiger partial charge >= 0.3 is 0 Å². The summed E-state index contributed by atoms with van der Waals surface area (Å²) in [5, 5.41) is 3.10. The summed E-state index contributed by atoms with van der Waals surface area (Å²) in [6, 6.07) is 14.3. The Kier molecular flexibility index (Phi) is 6.85. The minimum atomic E-state index is 0.0773. The molecule has 3 heterocycles. The van der Waals surface area contributed by atoms with Crippen LogP contribution in [0.3, 0.4) is 0 Å². The van der Waals surface area contributed by atoms with Crippen LogP contribution in [0.15, 0.2) is 48.7 Å². The van der Waals surface area contributed by atoms with E-state index in [9.17, 15) is 4.79 Å². The van der Waals surface area contributed by atoms with Crippen LogP contribution in [-0.2, 0) is 17.8 Å². The molecule has 0 saturated carbocycles. The second-order valence-corrected chi connectivity index (χ2v) is 8.86. The number of benzene rings is 1. The van der Waals surface area contributed by atoms with E-state index in [1.54, 1.807) is 6.20 Å². The number of nitrogens with one attached hydrogen (secondary N) is 1. The zero-order chi connectivity index (χ0) is 21.6. The van der Waals surface area contributed by atoms with Gasteiger partial charge in [0.05, 0.1) is 11.0 Å². The molecule has 164 valence electrons. The molecule has 0 unspecified atom stereocenters. The summed E-state index contributed by atoms with van der Waals surface area (Å²) < 4.78 is 2.36. The molecule has 3 aromatic rings. The summed E-state index contributed by atoms with van der Waals surface area (Å²) in [6.45, 7) is 7.86. The number of carbonyl (C=O) groups is 1. The maximum Gasteiger partial charge on any atom is 0.223 e. The van der Waals surface area contributed by atoms with E-state index in [0.29, 0.717) is 12.5 Å². The lowest BCUT2D eigenvalue weighted by atomic mass is 9.96. The molecular weight excluding hydrogens is 386 g/mol. The summed E-state index contributed by atoms with van der Waals surface area (Å²) in [4.78, 5) is 24.3. The van der Waals surface area contributed by atoms with Gasteiger partial charge in [0.25, 0.3) is 0 Å². The van der Waals surface area contributed by atoms with Gasteiger partial charge in [0, 0.05) is 50.4 Å². The monoisotopic (exact) mass is 419 g/mol. The van der Waals surface area contributed by atoms with Gasteiger partial charge in [0.1, 0.15) is 0 Å². The van der Waals surface area contributed by atoms with Crippen molar-refractivity contribution < 1.29 is 4.79 Å². The van der Waals surface area contributed by atoms with Gasteiger partial charge in [-0.2, -0.15) is 0 Å². The van der Waals surface area contributed by atoms with Crippen LogP contribution >= 0.6 is 0 Å². The first-order valence-corrected chi connectivity index (χ1v) is 11.5. The van der Waals surface area contributed by atoms with E-state index in [4.69, 9.17) is 4.98 Å². The Balaban J connectivity index is 1.35. The quantitative estimate of drug-likeness (QED) is 0.598. The van der Waals surface area contributed by atoms with Crippen LogP contribution in [0.2, 0.25) is 0 Å². The van der Waals surface area contributed by atoms with Gasteiger partial charge in [-0.1, -0.05) is 32.0 Å². The topological polar surface area (TPSA) is 63.1 Å². The molecule has 1 N–H and O–H groups in total. The molecule has 1 aromatic carbocycles. The second-order valence-electron chi connectivity index (χ2n) is 8.86. The molecule has 0 atom stereocenters. The zero-order valence-corrected chi connectivity index (χ0v) is 18.6. The number of nitrogens with zero attached hydrogens (tertiary/aromatic N) is 4. The highest BCUT2D eigenvalue weighted by molar-refractivity contribution is 5.80. The third-order valence-electron chi connectivity index (χ3n) is 6.12. The molecule has 6 heteroatoms. The van der Waals surface area contributed by atoms with Crippen LogP contribution in [-0.4, -0.2) is 40.1 Å². The summed E-state index contributed by atoms with van der Waals surface area (Å²) in [5.74, 6) is 1.95. The van der Waals surface area contributed by atoms with Crippen LogP contribution < -0.4 is 10.2 Å². The lowest BCUT2D eigenvalue weighted by molar-refractivity contribution is -0.125. The number of rotatable bonds is 8. The number of anilines is 1. The van der Waals surface area contributed by atoms with Crippen molar-refractivity contribution in [3.05, 3.63) is 54.4 Å². The van der Waals surface area contributed by atoms with Crippen molar-refractivity contribution in [1.82, 2.24) is 19.9 Å². The highest BCUT2D eigenvalue weighted by Crippen LogP contribution is 2.27. The third kappa shape index (κ3) is 5.24. The molecule has 0 radical (unpaired) electrons. The number of piperidine rings is 1. The second kappa shape index (κ2) is 9.94. The van der Waals surface area contributed by atoms with Gasteiger partial charge < -0.3 is 14.8 Å². The average Bonchev–Trinajstić information content (AvgIpc) is 3.17. The first-order valence-electron chi connectivity index (χ1n) is 11.5. The Morgan fingerprint density at radius 2 is 1.90 bits per heavy atom. The number of pyridine rings is 1. The number of hydrogen-bond donors (Lipinski definition) is 1. The van der Waals surface area contributed by atoms with Crippen LogP contribution in [0, 0.1) is 11.8 Å². The number of carbonyl (C=O) groups excluding carboxylic acids is 1. The summed E-state index contributed by atoms with van der Waals surface area (Å²) in [5.41, 5.74) is 3.26. The first kappa shape index (κ1) is 21.3. The standard InChI is InChI=1S/C25H33N5O/c1-19(2)11-18-30-23-9-4-3-8-22(23)28-25(30)29-16-12-20(13-17-29)24(31)27-15-10-21-7-5-6-14-26-21/h3-9,14,19-20H,10-13,15-18H2,1-2H3,(H,27,31). The van der Waals surface area contributed by atoms with Crippen molar-refractivity contribution in [2.24, 2.45) is 11.8 Å². The van der Waals surface area contributed by atoms with Gasteiger partial charge in [-0.3, -0.25) is 9.78 Å². The summed E-state index contributed by atoms with van der Waals surface area (Å²) in [6.07, 6.45) is 5.42. The van der Waals surface area contributed by atoms with Gasteiger partial charge in [-0.25, -0.2) is 4.98 Å². The fourth-order valence-corrected chi connectivity index (χ4v) is 4.26. The average molecular weight is 420 g/mol. The molecule has 2 aromatic heterocycles. The predicted octanol–water partition coefficient (Wildman–Crippen LogP) is 4.05. The Hall–Kier alpha value is -2.89.